The molecule has 2 heterocycles. The first-order valence-electron chi connectivity index (χ1n) is 9.02. The molecule has 3 rings (SSSR count). The number of hydrogen-bond donors (Lipinski definition) is 2. The predicted molar refractivity (Wildman–Crippen MR) is 103 cm³/mol. The highest BCUT2D eigenvalue weighted by molar-refractivity contribution is 5.92. The van der Waals surface area contributed by atoms with E-state index in [1.54, 1.807) is 40.0 Å². The number of aromatic nitrogens is 3. The molecular formula is C20H23FN4O4. The molecule has 3 aromatic rings. The summed E-state index contributed by atoms with van der Waals surface area (Å²) >= 11 is 0. The third-order valence-corrected chi connectivity index (χ3v) is 4.24. The number of hydrogen-bond acceptors (Lipinski definition) is 6. The maximum absolute atomic E-state index is 13.2. The Morgan fingerprint density at radius 1 is 1.34 bits per heavy atom. The highest BCUT2D eigenvalue weighted by Gasteiger charge is 2.20. The minimum absolute atomic E-state index is 0.105. The highest BCUT2D eigenvalue weighted by atomic mass is 19.1. The van der Waals surface area contributed by atoms with Gasteiger partial charge in [-0.2, -0.15) is 0 Å². The third kappa shape index (κ3) is 5.00. The lowest BCUT2D eigenvalue weighted by molar-refractivity contribution is 0.0689. The average Bonchev–Trinajstić information content (AvgIpc) is 3.20. The number of carbonyl (C=O) groups is 1. The predicted octanol–water partition coefficient (Wildman–Crippen LogP) is 2.60. The standard InChI is InChI=1S/C20H23FN4O4/c1-12-15(18(24-29-12)13-5-7-14(21)8-6-13)10-28-17-9-16(25(4)23-17)19(26)22-11-20(2,3)27/h5-9,27H,10-11H2,1-4H3,(H,22,26). The van der Waals surface area contributed by atoms with Gasteiger partial charge in [0, 0.05) is 25.2 Å². The minimum Gasteiger partial charge on any atom is -0.471 e. The van der Waals surface area contributed by atoms with Gasteiger partial charge in [0.1, 0.15) is 29.6 Å². The zero-order valence-corrected chi connectivity index (χ0v) is 16.7. The molecule has 0 saturated heterocycles. The number of amides is 1. The second kappa shape index (κ2) is 8.04. The maximum atomic E-state index is 13.2. The van der Waals surface area contributed by atoms with E-state index in [0.29, 0.717) is 28.3 Å². The van der Waals surface area contributed by atoms with E-state index in [-0.39, 0.29) is 30.8 Å². The van der Waals surface area contributed by atoms with Gasteiger partial charge >= 0.3 is 0 Å². The van der Waals surface area contributed by atoms with Crippen LogP contribution in [-0.4, -0.2) is 38.1 Å². The molecule has 0 radical (unpaired) electrons. The summed E-state index contributed by atoms with van der Waals surface area (Å²) in [5, 5.41) is 20.6. The molecule has 0 spiro atoms. The van der Waals surface area contributed by atoms with Gasteiger partial charge in [-0.05, 0) is 45.0 Å². The van der Waals surface area contributed by atoms with Crippen LogP contribution >= 0.6 is 0 Å². The summed E-state index contributed by atoms with van der Waals surface area (Å²) in [4.78, 5) is 12.3. The Balaban J connectivity index is 1.72. The van der Waals surface area contributed by atoms with E-state index in [0.717, 1.165) is 0 Å². The molecule has 154 valence electrons. The molecule has 9 heteroatoms. The van der Waals surface area contributed by atoms with Gasteiger partial charge in [0.25, 0.3) is 5.91 Å². The van der Waals surface area contributed by atoms with Gasteiger partial charge in [0.2, 0.25) is 5.88 Å². The molecule has 0 aliphatic rings. The van der Waals surface area contributed by atoms with Crippen molar-refractivity contribution < 1.29 is 23.6 Å². The summed E-state index contributed by atoms with van der Waals surface area (Å²) in [7, 11) is 1.63. The SMILES string of the molecule is Cc1onc(-c2ccc(F)cc2)c1COc1cc(C(=O)NCC(C)(C)O)n(C)n1. The van der Waals surface area contributed by atoms with E-state index < -0.39 is 5.60 Å². The fraction of sp³-hybridized carbons (Fsp3) is 0.350. The zero-order chi connectivity index (χ0) is 21.2. The molecular weight excluding hydrogens is 379 g/mol. The smallest absolute Gasteiger partial charge is 0.269 e. The first kappa shape index (κ1) is 20.5. The van der Waals surface area contributed by atoms with Crippen LogP contribution < -0.4 is 10.1 Å². The monoisotopic (exact) mass is 402 g/mol. The summed E-state index contributed by atoms with van der Waals surface area (Å²) in [6, 6.07) is 7.44. The van der Waals surface area contributed by atoms with E-state index in [2.05, 4.69) is 15.6 Å². The Labute approximate surface area is 167 Å². The third-order valence-electron chi connectivity index (χ3n) is 4.24. The zero-order valence-electron chi connectivity index (χ0n) is 16.7. The number of nitrogens with one attached hydrogen (secondary N) is 1. The van der Waals surface area contributed by atoms with Gasteiger partial charge in [-0.3, -0.25) is 9.48 Å². The number of benzene rings is 1. The molecule has 8 nitrogen and oxygen atoms in total. The van der Waals surface area contributed by atoms with Gasteiger partial charge in [0.15, 0.2) is 0 Å². The summed E-state index contributed by atoms with van der Waals surface area (Å²) in [6.45, 7) is 5.18. The molecule has 1 aromatic carbocycles. The maximum Gasteiger partial charge on any atom is 0.269 e. The molecule has 0 fully saturated rings. The first-order valence-corrected chi connectivity index (χ1v) is 9.02. The number of halogens is 1. The Morgan fingerprint density at radius 2 is 2.03 bits per heavy atom. The molecule has 0 aliphatic carbocycles. The second-order valence-electron chi connectivity index (χ2n) is 7.35. The van der Waals surface area contributed by atoms with Crippen molar-refractivity contribution >= 4 is 5.91 Å². The largest absolute Gasteiger partial charge is 0.471 e. The Morgan fingerprint density at radius 3 is 2.69 bits per heavy atom. The summed E-state index contributed by atoms with van der Waals surface area (Å²) in [5.41, 5.74) is 1.24. The number of nitrogens with zero attached hydrogens (tertiary/aromatic N) is 3. The van der Waals surface area contributed by atoms with Crippen molar-refractivity contribution in [3.63, 3.8) is 0 Å². The summed E-state index contributed by atoms with van der Waals surface area (Å²) in [6.07, 6.45) is 0. The van der Waals surface area contributed by atoms with Crippen LogP contribution in [0.5, 0.6) is 5.88 Å². The topological polar surface area (TPSA) is 102 Å². The quantitative estimate of drug-likeness (QED) is 0.630. The van der Waals surface area contributed by atoms with E-state index in [1.165, 1.54) is 22.9 Å². The molecule has 0 saturated carbocycles. The number of aryl methyl sites for hydroxylation is 2. The van der Waals surface area contributed by atoms with Crippen LogP contribution in [0.1, 0.15) is 35.7 Å². The van der Waals surface area contributed by atoms with Crippen LogP contribution in [0.4, 0.5) is 4.39 Å². The van der Waals surface area contributed by atoms with Crippen LogP contribution in [0.2, 0.25) is 0 Å². The molecule has 0 bridgehead atoms. The van der Waals surface area contributed by atoms with E-state index in [9.17, 15) is 14.3 Å². The summed E-state index contributed by atoms with van der Waals surface area (Å²) < 4.78 is 25.6. The molecule has 0 unspecified atom stereocenters. The van der Waals surface area contributed by atoms with Crippen molar-refractivity contribution in [2.75, 3.05) is 6.54 Å². The Kier molecular flexibility index (Phi) is 5.69. The fourth-order valence-electron chi connectivity index (χ4n) is 2.65. The molecule has 0 atom stereocenters. The van der Waals surface area contributed by atoms with Crippen molar-refractivity contribution in [3.05, 3.63) is 53.2 Å². The van der Waals surface area contributed by atoms with Crippen molar-refractivity contribution in [1.82, 2.24) is 20.3 Å². The lowest BCUT2D eigenvalue weighted by Crippen LogP contribution is -2.38. The lowest BCUT2D eigenvalue weighted by atomic mass is 10.1. The Hall–Kier alpha value is -3.20. The van der Waals surface area contributed by atoms with Crippen molar-refractivity contribution in [2.24, 2.45) is 7.05 Å². The Bertz CT molecular complexity index is 1000. The van der Waals surface area contributed by atoms with Gasteiger partial charge in [-0.1, -0.05) is 5.16 Å². The van der Waals surface area contributed by atoms with E-state index in [4.69, 9.17) is 9.26 Å². The number of ether oxygens (including phenoxy) is 1. The fourth-order valence-corrected chi connectivity index (χ4v) is 2.65. The molecule has 2 aromatic heterocycles. The molecule has 1 amide bonds. The van der Waals surface area contributed by atoms with Crippen molar-refractivity contribution in [3.8, 4) is 17.1 Å². The second-order valence-corrected chi connectivity index (χ2v) is 7.35. The van der Waals surface area contributed by atoms with E-state index in [1.807, 2.05) is 0 Å². The van der Waals surface area contributed by atoms with Gasteiger partial charge in [0.05, 0.1) is 11.2 Å². The van der Waals surface area contributed by atoms with Crippen LogP contribution in [0.25, 0.3) is 11.3 Å². The highest BCUT2D eigenvalue weighted by Crippen LogP contribution is 2.26. The van der Waals surface area contributed by atoms with Crippen LogP contribution in [0, 0.1) is 12.7 Å². The van der Waals surface area contributed by atoms with Crippen molar-refractivity contribution in [2.45, 2.75) is 33.0 Å². The number of rotatable bonds is 7. The molecule has 0 aliphatic heterocycles. The number of aliphatic hydroxyl groups is 1. The normalized spacial score (nSPS) is 11.5. The van der Waals surface area contributed by atoms with Crippen molar-refractivity contribution in [1.29, 1.82) is 0 Å². The first-order chi connectivity index (χ1) is 13.6. The van der Waals surface area contributed by atoms with Crippen LogP contribution in [0.3, 0.4) is 0 Å². The van der Waals surface area contributed by atoms with Crippen LogP contribution in [-0.2, 0) is 13.7 Å². The molecule has 29 heavy (non-hydrogen) atoms. The van der Waals surface area contributed by atoms with Gasteiger partial charge in [-0.25, -0.2) is 4.39 Å². The summed E-state index contributed by atoms with van der Waals surface area (Å²) in [5.74, 6) is 0.121. The molecule has 2 N–H and O–H groups in total. The lowest BCUT2D eigenvalue weighted by Gasteiger charge is -2.17. The average molecular weight is 402 g/mol. The minimum atomic E-state index is -1.02. The van der Waals surface area contributed by atoms with Gasteiger partial charge < -0.3 is 19.7 Å². The number of carbonyl (C=O) groups excluding carboxylic acids is 1. The van der Waals surface area contributed by atoms with E-state index >= 15 is 0 Å². The van der Waals surface area contributed by atoms with Gasteiger partial charge in [-0.15, -0.1) is 5.10 Å². The van der Waals surface area contributed by atoms with Crippen LogP contribution in [0.15, 0.2) is 34.9 Å².